The zero-order valence-corrected chi connectivity index (χ0v) is 16.6. The van der Waals surface area contributed by atoms with Crippen LogP contribution in [0.5, 0.6) is 0 Å². The minimum Gasteiger partial charge on any atom is -0.386 e. The Bertz CT molecular complexity index is 737. The predicted molar refractivity (Wildman–Crippen MR) is 109 cm³/mol. The van der Waals surface area contributed by atoms with E-state index in [1.165, 1.54) is 0 Å². The Morgan fingerprint density at radius 2 is 2.04 bits per heavy atom. The summed E-state index contributed by atoms with van der Waals surface area (Å²) in [6.07, 6.45) is -0.622. The number of aliphatic imine (C=N–C) groups is 1. The van der Waals surface area contributed by atoms with Crippen LogP contribution in [0.4, 0.5) is 0 Å². The number of carbonyl (C=O) groups is 1. The van der Waals surface area contributed by atoms with E-state index in [0.29, 0.717) is 25.6 Å². The van der Waals surface area contributed by atoms with Crippen molar-refractivity contribution in [1.82, 2.24) is 16.0 Å². The summed E-state index contributed by atoms with van der Waals surface area (Å²) in [5, 5.41) is 20.6. The van der Waals surface area contributed by atoms with E-state index >= 15 is 0 Å². The molecule has 6 nitrogen and oxygen atoms in total. The van der Waals surface area contributed by atoms with Crippen molar-refractivity contribution in [3.8, 4) is 0 Å². The molecule has 1 heterocycles. The molecule has 1 atom stereocenters. The molecule has 1 unspecified atom stereocenters. The lowest BCUT2D eigenvalue weighted by atomic mass is 9.93. The fraction of sp³-hybridized carbons (Fsp3) is 0.474. The molecule has 0 aliphatic rings. The number of amides is 1. The van der Waals surface area contributed by atoms with Crippen molar-refractivity contribution in [2.24, 2.45) is 10.4 Å². The molecule has 0 aliphatic heterocycles. The Hall–Kier alpha value is -2.12. The third-order valence-corrected chi connectivity index (χ3v) is 5.27. The summed E-state index contributed by atoms with van der Waals surface area (Å²) >= 11 is 1.59. The summed E-state index contributed by atoms with van der Waals surface area (Å²) < 4.78 is 1.16. The highest BCUT2D eigenvalue weighted by molar-refractivity contribution is 7.19. The molecular formula is C19H28N4O2S. The van der Waals surface area contributed by atoms with Gasteiger partial charge in [0.1, 0.15) is 6.10 Å². The van der Waals surface area contributed by atoms with Crippen LogP contribution in [-0.2, 0) is 4.79 Å². The first-order valence-electron chi connectivity index (χ1n) is 8.78. The number of hydrogen-bond acceptors (Lipinski definition) is 4. The lowest BCUT2D eigenvalue weighted by Crippen LogP contribution is -2.42. The number of rotatable bonds is 7. The van der Waals surface area contributed by atoms with E-state index in [0.717, 1.165) is 15.0 Å². The Labute approximate surface area is 158 Å². The van der Waals surface area contributed by atoms with Crippen molar-refractivity contribution < 1.29 is 9.90 Å². The van der Waals surface area contributed by atoms with Gasteiger partial charge in [-0.1, -0.05) is 18.2 Å². The van der Waals surface area contributed by atoms with E-state index in [-0.39, 0.29) is 5.91 Å². The zero-order valence-electron chi connectivity index (χ0n) is 15.8. The van der Waals surface area contributed by atoms with Gasteiger partial charge in [-0.25, -0.2) is 0 Å². The number of benzene rings is 1. The molecule has 1 aromatic carbocycles. The number of guanidine groups is 1. The molecule has 2 rings (SSSR count). The number of aliphatic hydroxyl groups excluding tert-OH is 1. The highest BCUT2D eigenvalue weighted by atomic mass is 32.1. The first-order valence-corrected chi connectivity index (χ1v) is 9.60. The standard InChI is InChI=1S/C19H28N4O2S/c1-5-21-18(23-12-19(2,3)17(25)20-4)22-11-14(24)16-10-13-8-6-7-9-15(13)26-16/h6-10,14,24H,5,11-12H2,1-4H3,(H,20,25)(H2,21,22,23). The number of hydrogen-bond donors (Lipinski definition) is 4. The van der Waals surface area contributed by atoms with Crippen LogP contribution in [0.3, 0.4) is 0 Å². The molecule has 0 spiro atoms. The molecule has 0 bridgehead atoms. The third kappa shape index (κ3) is 5.19. The minimum atomic E-state index is -0.622. The Balaban J connectivity index is 2.00. The van der Waals surface area contributed by atoms with Gasteiger partial charge in [-0.05, 0) is 38.3 Å². The summed E-state index contributed by atoms with van der Waals surface area (Å²) in [6.45, 7) is 7.07. The third-order valence-electron chi connectivity index (χ3n) is 4.05. The van der Waals surface area contributed by atoms with Crippen LogP contribution in [0.2, 0.25) is 0 Å². The van der Waals surface area contributed by atoms with Crippen molar-refractivity contribution in [2.45, 2.75) is 26.9 Å². The topological polar surface area (TPSA) is 85.8 Å². The summed E-state index contributed by atoms with van der Waals surface area (Å²) in [4.78, 5) is 17.3. The van der Waals surface area contributed by atoms with Crippen LogP contribution in [0.1, 0.15) is 31.8 Å². The lowest BCUT2D eigenvalue weighted by Gasteiger charge is -2.21. The molecule has 26 heavy (non-hydrogen) atoms. The van der Waals surface area contributed by atoms with Gasteiger partial charge in [-0.3, -0.25) is 9.79 Å². The summed E-state index contributed by atoms with van der Waals surface area (Å²) in [7, 11) is 1.62. The SMILES string of the molecule is CCNC(=NCC(C)(C)C(=O)NC)NCC(O)c1cc2ccccc2s1. The van der Waals surface area contributed by atoms with Gasteiger partial charge in [0.25, 0.3) is 0 Å². The average Bonchev–Trinajstić information content (AvgIpc) is 3.07. The second-order valence-corrected chi connectivity index (χ2v) is 7.86. The molecule has 0 radical (unpaired) electrons. The Kier molecular flexibility index (Phi) is 6.99. The maximum Gasteiger partial charge on any atom is 0.227 e. The van der Waals surface area contributed by atoms with Crippen LogP contribution in [0, 0.1) is 5.41 Å². The van der Waals surface area contributed by atoms with Crippen LogP contribution in [0.15, 0.2) is 35.3 Å². The van der Waals surface area contributed by atoms with Crippen molar-refractivity contribution >= 4 is 33.3 Å². The maximum absolute atomic E-state index is 11.9. The normalized spacial score (nSPS) is 13.5. The number of fused-ring (bicyclic) bond motifs is 1. The first-order chi connectivity index (χ1) is 12.4. The predicted octanol–water partition coefficient (Wildman–Crippen LogP) is 2.26. The van der Waals surface area contributed by atoms with Gasteiger partial charge in [0.2, 0.25) is 5.91 Å². The van der Waals surface area contributed by atoms with Crippen LogP contribution >= 0.6 is 11.3 Å². The second-order valence-electron chi connectivity index (χ2n) is 6.74. The largest absolute Gasteiger partial charge is 0.386 e. The molecule has 0 aliphatic carbocycles. The Morgan fingerprint density at radius 3 is 2.69 bits per heavy atom. The zero-order chi connectivity index (χ0) is 19.2. The van der Waals surface area contributed by atoms with Crippen molar-refractivity contribution in [3.05, 3.63) is 35.2 Å². The lowest BCUT2D eigenvalue weighted by molar-refractivity contribution is -0.128. The highest BCUT2D eigenvalue weighted by Gasteiger charge is 2.26. The van der Waals surface area contributed by atoms with E-state index in [4.69, 9.17) is 0 Å². The fourth-order valence-corrected chi connectivity index (χ4v) is 3.54. The maximum atomic E-state index is 11.9. The molecule has 4 N–H and O–H groups in total. The molecule has 0 saturated carbocycles. The van der Waals surface area contributed by atoms with Gasteiger partial charge >= 0.3 is 0 Å². The summed E-state index contributed by atoms with van der Waals surface area (Å²) in [6, 6.07) is 10.1. The van der Waals surface area contributed by atoms with E-state index in [1.807, 2.05) is 45.0 Å². The average molecular weight is 377 g/mol. The van der Waals surface area contributed by atoms with E-state index in [1.54, 1.807) is 18.4 Å². The van der Waals surface area contributed by atoms with Crippen LogP contribution < -0.4 is 16.0 Å². The monoisotopic (exact) mass is 376 g/mol. The Morgan fingerprint density at radius 1 is 1.31 bits per heavy atom. The minimum absolute atomic E-state index is 0.0533. The fourth-order valence-electron chi connectivity index (χ4n) is 2.49. The molecular weight excluding hydrogens is 348 g/mol. The molecule has 0 fully saturated rings. The molecule has 1 amide bonds. The van der Waals surface area contributed by atoms with E-state index < -0.39 is 11.5 Å². The molecule has 2 aromatic rings. The van der Waals surface area contributed by atoms with Crippen molar-refractivity contribution in [3.63, 3.8) is 0 Å². The number of aliphatic hydroxyl groups is 1. The van der Waals surface area contributed by atoms with Gasteiger partial charge < -0.3 is 21.1 Å². The quantitative estimate of drug-likeness (QED) is 0.441. The molecule has 142 valence electrons. The second kappa shape index (κ2) is 9.00. The van der Waals surface area contributed by atoms with Gasteiger partial charge in [0.15, 0.2) is 5.96 Å². The van der Waals surface area contributed by atoms with Crippen molar-refractivity contribution in [2.75, 3.05) is 26.7 Å². The number of nitrogens with zero attached hydrogens (tertiary/aromatic N) is 1. The van der Waals surface area contributed by atoms with Crippen molar-refractivity contribution in [1.29, 1.82) is 0 Å². The smallest absolute Gasteiger partial charge is 0.227 e. The number of nitrogens with one attached hydrogen (secondary N) is 3. The first kappa shape index (κ1) is 20.2. The molecule has 0 saturated heterocycles. The van der Waals surface area contributed by atoms with Gasteiger partial charge in [-0.15, -0.1) is 11.3 Å². The number of thiophene rings is 1. The highest BCUT2D eigenvalue weighted by Crippen LogP contribution is 2.29. The van der Waals surface area contributed by atoms with E-state index in [2.05, 4.69) is 27.0 Å². The van der Waals surface area contributed by atoms with Crippen LogP contribution in [0.25, 0.3) is 10.1 Å². The van der Waals surface area contributed by atoms with E-state index in [9.17, 15) is 9.90 Å². The summed E-state index contributed by atoms with van der Waals surface area (Å²) in [5.74, 6) is 0.534. The van der Waals surface area contributed by atoms with Gasteiger partial charge in [0.05, 0.1) is 12.0 Å². The van der Waals surface area contributed by atoms with Crippen LogP contribution in [-0.4, -0.2) is 43.7 Å². The van der Waals surface area contributed by atoms with Gasteiger partial charge in [0, 0.05) is 29.7 Å². The molecule has 1 aromatic heterocycles. The summed E-state index contributed by atoms with van der Waals surface area (Å²) in [5.41, 5.74) is -0.596. The van der Waals surface area contributed by atoms with Gasteiger partial charge in [-0.2, -0.15) is 0 Å². The number of carbonyl (C=O) groups excluding carboxylic acids is 1. The molecule has 7 heteroatoms.